The molecule has 88 valence electrons. The van der Waals surface area contributed by atoms with Gasteiger partial charge in [0.2, 0.25) is 0 Å². The second-order valence-electron chi connectivity index (χ2n) is 4.75. The molecule has 2 heterocycles. The molecule has 1 aromatic rings. The molecule has 0 saturated carbocycles. The SMILES string of the molecule is CNCc1ccnc(N2CCCC(C)C2)c1. The van der Waals surface area contributed by atoms with Crippen molar-refractivity contribution in [1.82, 2.24) is 10.3 Å². The number of nitrogens with zero attached hydrogens (tertiary/aromatic N) is 2. The number of aromatic nitrogens is 1. The van der Waals surface area contributed by atoms with Crippen molar-refractivity contribution in [3.8, 4) is 0 Å². The lowest BCUT2D eigenvalue weighted by Gasteiger charge is -2.32. The summed E-state index contributed by atoms with van der Waals surface area (Å²) in [6.45, 7) is 5.54. The Kier molecular flexibility index (Phi) is 3.78. The molecule has 1 aliphatic heterocycles. The van der Waals surface area contributed by atoms with Crippen molar-refractivity contribution in [2.45, 2.75) is 26.3 Å². The highest BCUT2D eigenvalue weighted by molar-refractivity contribution is 5.41. The highest BCUT2D eigenvalue weighted by atomic mass is 15.2. The normalized spacial score (nSPS) is 21.1. The van der Waals surface area contributed by atoms with E-state index in [1.54, 1.807) is 0 Å². The molecule has 0 aliphatic carbocycles. The molecule has 16 heavy (non-hydrogen) atoms. The van der Waals surface area contributed by atoms with E-state index in [1.807, 2.05) is 13.2 Å². The lowest BCUT2D eigenvalue weighted by molar-refractivity contribution is 0.444. The van der Waals surface area contributed by atoms with Gasteiger partial charge in [0.1, 0.15) is 5.82 Å². The van der Waals surface area contributed by atoms with Crippen LogP contribution in [-0.2, 0) is 6.54 Å². The molecular weight excluding hydrogens is 198 g/mol. The highest BCUT2D eigenvalue weighted by Gasteiger charge is 2.17. The van der Waals surface area contributed by atoms with Gasteiger partial charge in [-0.2, -0.15) is 0 Å². The fourth-order valence-corrected chi connectivity index (χ4v) is 2.35. The van der Waals surface area contributed by atoms with Gasteiger partial charge in [0.05, 0.1) is 0 Å². The summed E-state index contributed by atoms with van der Waals surface area (Å²) < 4.78 is 0. The average molecular weight is 219 g/mol. The molecule has 0 bridgehead atoms. The first kappa shape index (κ1) is 11.4. The van der Waals surface area contributed by atoms with Crippen molar-refractivity contribution in [3.05, 3.63) is 23.9 Å². The Morgan fingerprint density at radius 3 is 3.19 bits per heavy atom. The number of piperidine rings is 1. The highest BCUT2D eigenvalue weighted by Crippen LogP contribution is 2.21. The van der Waals surface area contributed by atoms with Crippen LogP contribution in [0.15, 0.2) is 18.3 Å². The van der Waals surface area contributed by atoms with Crippen LogP contribution >= 0.6 is 0 Å². The van der Waals surface area contributed by atoms with E-state index in [4.69, 9.17) is 0 Å². The molecule has 1 saturated heterocycles. The maximum atomic E-state index is 4.48. The van der Waals surface area contributed by atoms with Gasteiger partial charge < -0.3 is 10.2 Å². The molecular formula is C13H21N3. The standard InChI is InChI=1S/C13H21N3/c1-11-4-3-7-16(10-11)13-8-12(9-14-2)5-6-15-13/h5-6,8,11,14H,3-4,7,9-10H2,1-2H3. The molecule has 3 heteroatoms. The zero-order chi connectivity index (χ0) is 11.4. The van der Waals surface area contributed by atoms with E-state index in [0.29, 0.717) is 0 Å². The van der Waals surface area contributed by atoms with Gasteiger partial charge in [-0.3, -0.25) is 0 Å². The topological polar surface area (TPSA) is 28.2 Å². The minimum absolute atomic E-state index is 0.795. The zero-order valence-electron chi connectivity index (χ0n) is 10.2. The summed E-state index contributed by atoms with van der Waals surface area (Å²) in [5.41, 5.74) is 1.31. The third-order valence-corrected chi connectivity index (χ3v) is 3.17. The fourth-order valence-electron chi connectivity index (χ4n) is 2.35. The maximum Gasteiger partial charge on any atom is 0.128 e. The van der Waals surface area contributed by atoms with Crippen LogP contribution in [0.2, 0.25) is 0 Å². The van der Waals surface area contributed by atoms with Gasteiger partial charge in [-0.25, -0.2) is 4.98 Å². The Labute approximate surface area is 97.9 Å². The van der Waals surface area contributed by atoms with Crippen molar-refractivity contribution in [3.63, 3.8) is 0 Å². The van der Waals surface area contributed by atoms with E-state index in [9.17, 15) is 0 Å². The number of nitrogens with one attached hydrogen (secondary N) is 1. The van der Waals surface area contributed by atoms with E-state index >= 15 is 0 Å². The Balaban J connectivity index is 2.09. The van der Waals surface area contributed by atoms with Gasteiger partial charge in [-0.15, -0.1) is 0 Å². The van der Waals surface area contributed by atoms with Crippen molar-refractivity contribution in [2.24, 2.45) is 5.92 Å². The van der Waals surface area contributed by atoms with Crippen molar-refractivity contribution >= 4 is 5.82 Å². The summed E-state index contributed by atoms with van der Waals surface area (Å²) in [5.74, 6) is 1.93. The van der Waals surface area contributed by atoms with Crippen molar-refractivity contribution in [1.29, 1.82) is 0 Å². The summed E-state index contributed by atoms with van der Waals surface area (Å²) in [5, 5.41) is 3.18. The summed E-state index contributed by atoms with van der Waals surface area (Å²) >= 11 is 0. The summed E-state index contributed by atoms with van der Waals surface area (Å²) in [4.78, 5) is 6.89. The molecule has 1 atom stereocenters. The fraction of sp³-hybridized carbons (Fsp3) is 0.615. The minimum atomic E-state index is 0.795. The Hall–Kier alpha value is -1.09. The molecule has 2 rings (SSSR count). The third-order valence-electron chi connectivity index (χ3n) is 3.17. The lowest BCUT2D eigenvalue weighted by atomic mass is 10.0. The first-order chi connectivity index (χ1) is 7.79. The first-order valence-corrected chi connectivity index (χ1v) is 6.14. The van der Waals surface area contributed by atoms with E-state index in [1.165, 1.54) is 18.4 Å². The van der Waals surface area contributed by atoms with Crippen LogP contribution in [0, 0.1) is 5.92 Å². The van der Waals surface area contributed by atoms with E-state index in [-0.39, 0.29) is 0 Å². The van der Waals surface area contributed by atoms with Gasteiger partial charge in [0, 0.05) is 25.8 Å². The molecule has 1 N–H and O–H groups in total. The third kappa shape index (κ3) is 2.73. The van der Waals surface area contributed by atoms with Crippen LogP contribution in [0.5, 0.6) is 0 Å². The predicted molar refractivity (Wildman–Crippen MR) is 67.6 cm³/mol. The summed E-state index contributed by atoms with van der Waals surface area (Å²) in [7, 11) is 1.98. The monoisotopic (exact) mass is 219 g/mol. The number of rotatable bonds is 3. The van der Waals surface area contributed by atoms with Crippen LogP contribution in [0.1, 0.15) is 25.3 Å². The van der Waals surface area contributed by atoms with Crippen LogP contribution < -0.4 is 10.2 Å². The lowest BCUT2D eigenvalue weighted by Crippen LogP contribution is -2.34. The van der Waals surface area contributed by atoms with E-state index in [0.717, 1.165) is 31.4 Å². The number of pyridine rings is 1. The maximum absolute atomic E-state index is 4.48. The van der Waals surface area contributed by atoms with E-state index < -0.39 is 0 Å². The van der Waals surface area contributed by atoms with Crippen LogP contribution in [0.25, 0.3) is 0 Å². The second kappa shape index (κ2) is 5.30. The molecule has 1 aliphatic rings. The van der Waals surface area contributed by atoms with Gasteiger partial charge >= 0.3 is 0 Å². The molecule has 0 amide bonds. The molecule has 1 unspecified atom stereocenters. The van der Waals surface area contributed by atoms with Crippen molar-refractivity contribution < 1.29 is 0 Å². The number of hydrogen-bond donors (Lipinski definition) is 1. The van der Waals surface area contributed by atoms with Crippen molar-refractivity contribution in [2.75, 3.05) is 25.0 Å². The second-order valence-corrected chi connectivity index (χ2v) is 4.75. The first-order valence-electron chi connectivity index (χ1n) is 6.14. The quantitative estimate of drug-likeness (QED) is 0.843. The van der Waals surface area contributed by atoms with Crippen LogP contribution in [0.3, 0.4) is 0 Å². The minimum Gasteiger partial charge on any atom is -0.356 e. The molecule has 0 spiro atoms. The number of hydrogen-bond acceptors (Lipinski definition) is 3. The molecule has 0 aromatic carbocycles. The van der Waals surface area contributed by atoms with Gasteiger partial charge in [-0.05, 0) is 43.5 Å². The Bertz CT molecular complexity index is 338. The molecule has 0 radical (unpaired) electrons. The molecule has 1 aromatic heterocycles. The molecule has 3 nitrogen and oxygen atoms in total. The summed E-state index contributed by atoms with van der Waals surface area (Å²) in [6, 6.07) is 4.28. The summed E-state index contributed by atoms with van der Waals surface area (Å²) in [6.07, 6.45) is 4.56. The Morgan fingerprint density at radius 1 is 1.56 bits per heavy atom. The predicted octanol–water partition coefficient (Wildman–Crippen LogP) is 2.04. The number of anilines is 1. The Morgan fingerprint density at radius 2 is 2.44 bits per heavy atom. The van der Waals surface area contributed by atoms with Gasteiger partial charge in [0.15, 0.2) is 0 Å². The largest absolute Gasteiger partial charge is 0.356 e. The van der Waals surface area contributed by atoms with Gasteiger partial charge in [0.25, 0.3) is 0 Å². The van der Waals surface area contributed by atoms with Gasteiger partial charge in [-0.1, -0.05) is 6.92 Å². The van der Waals surface area contributed by atoms with Crippen LogP contribution in [-0.4, -0.2) is 25.1 Å². The average Bonchev–Trinajstić information content (AvgIpc) is 2.30. The zero-order valence-corrected chi connectivity index (χ0v) is 10.2. The van der Waals surface area contributed by atoms with E-state index in [2.05, 4.69) is 34.3 Å². The molecule has 1 fully saturated rings. The smallest absolute Gasteiger partial charge is 0.128 e. The van der Waals surface area contributed by atoms with Crippen LogP contribution in [0.4, 0.5) is 5.82 Å².